The molecule has 0 amide bonds. The van der Waals surface area contributed by atoms with E-state index < -0.39 is 0 Å². The Morgan fingerprint density at radius 1 is 1.56 bits per heavy atom. The van der Waals surface area contributed by atoms with Gasteiger partial charge in [0, 0.05) is 12.6 Å². The number of nitrogens with two attached hydrogens (primary N) is 1. The Balaban J connectivity index is 3.15. The van der Waals surface area contributed by atoms with Crippen LogP contribution in [0.1, 0.15) is 20.3 Å². The average molecular weight is 130 g/mol. The summed E-state index contributed by atoms with van der Waals surface area (Å²) in [6, 6.07) is 0.307. The smallest absolute Gasteiger partial charge is 0.0139 e. The first-order valence-electron chi connectivity index (χ1n) is 3.61. The number of hydrogen-bond donors (Lipinski definition) is 1. The van der Waals surface area contributed by atoms with Crippen LogP contribution in [0.3, 0.4) is 0 Å². The van der Waals surface area contributed by atoms with Gasteiger partial charge in [0.05, 0.1) is 0 Å². The van der Waals surface area contributed by atoms with Crippen molar-refractivity contribution >= 4 is 0 Å². The molecule has 0 aromatic carbocycles. The number of rotatable bonds is 4. The summed E-state index contributed by atoms with van der Waals surface area (Å²) >= 11 is 0. The van der Waals surface area contributed by atoms with Crippen LogP contribution in [0.25, 0.3) is 0 Å². The van der Waals surface area contributed by atoms with Crippen LogP contribution in [0.4, 0.5) is 0 Å². The van der Waals surface area contributed by atoms with Gasteiger partial charge in [-0.3, -0.25) is 0 Å². The molecule has 0 aromatic rings. The lowest BCUT2D eigenvalue weighted by Crippen LogP contribution is -2.33. The third-order valence-electron chi connectivity index (χ3n) is 1.20. The highest BCUT2D eigenvalue weighted by Crippen LogP contribution is 1.86. The molecule has 0 aliphatic carbocycles. The third-order valence-corrected chi connectivity index (χ3v) is 1.20. The largest absolute Gasteiger partial charge is 0.327 e. The number of hydrogen-bond acceptors (Lipinski definition) is 2. The maximum atomic E-state index is 5.58. The molecule has 2 nitrogen and oxygen atoms in total. The number of likely N-dealkylation sites (N-methyl/N-ethyl adjacent to an activating group) is 1. The first-order valence-corrected chi connectivity index (χ1v) is 3.61. The van der Waals surface area contributed by atoms with Crippen LogP contribution in [0.5, 0.6) is 0 Å². The third kappa shape index (κ3) is 5.80. The van der Waals surface area contributed by atoms with Gasteiger partial charge in [0.1, 0.15) is 0 Å². The van der Waals surface area contributed by atoms with Crippen LogP contribution in [0.2, 0.25) is 0 Å². The van der Waals surface area contributed by atoms with E-state index in [2.05, 4.69) is 18.9 Å². The zero-order valence-corrected chi connectivity index (χ0v) is 6.72. The van der Waals surface area contributed by atoms with Crippen LogP contribution in [0, 0.1) is 0 Å². The van der Waals surface area contributed by atoms with Gasteiger partial charge in [0.15, 0.2) is 0 Å². The topological polar surface area (TPSA) is 29.3 Å². The van der Waals surface area contributed by atoms with Crippen molar-refractivity contribution in [3.63, 3.8) is 0 Å². The molecule has 1 atom stereocenters. The van der Waals surface area contributed by atoms with Crippen LogP contribution >= 0.6 is 0 Å². The molecular weight excluding hydrogens is 112 g/mol. The van der Waals surface area contributed by atoms with E-state index >= 15 is 0 Å². The summed E-state index contributed by atoms with van der Waals surface area (Å²) in [5, 5.41) is 0. The first-order chi connectivity index (χ1) is 4.16. The highest BCUT2D eigenvalue weighted by atomic mass is 15.1. The molecule has 0 rings (SSSR count). The summed E-state index contributed by atoms with van der Waals surface area (Å²) in [7, 11) is 2.10. The summed E-state index contributed by atoms with van der Waals surface area (Å²) in [4.78, 5) is 2.25. The Hall–Kier alpha value is -0.0800. The van der Waals surface area contributed by atoms with E-state index in [1.54, 1.807) is 0 Å². The molecule has 56 valence electrons. The molecule has 0 fully saturated rings. The summed E-state index contributed by atoms with van der Waals surface area (Å²) in [5.41, 5.74) is 5.58. The van der Waals surface area contributed by atoms with E-state index in [1.807, 2.05) is 6.92 Å². The summed E-state index contributed by atoms with van der Waals surface area (Å²) < 4.78 is 0. The van der Waals surface area contributed by atoms with Gasteiger partial charge >= 0.3 is 0 Å². The van der Waals surface area contributed by atoms with E-state index in [0.717, 1.165) is 13.1 Å². The molecule has 0 unspecified atom stereocenters. The molecule has 2 heteroatoms. The minimum Gasteiger partial charge on any atom is -0.327 e. The van der Waals surface area contributed by atoms with Gasteiger partial charge in [-0.05, 0) is 26.9 Å². The summed E-state index contributed by atoms with van der Waals surface area (Å²) in [6.45, 7) is 6.37. The van der Waals surface area contributed by atoms with Gasteiger partial charge in [0.2, 0.25) is 0 Å². The predicted octanol–water partition coefficient (Wildman–Crippen LogP) is 0.675. The molecule has 0 spiro atoms. The van der Waals surface area contributed by atoms with Crippen molar-refractivity contribution in [3.8, 4) is 0 Å². The highest BCUT2D eigenvalue weighted by molar-refractivity contribution is 4.58. The Morgan fingerprint density at radius 3 is 2.44 bits per heavy atom. The second kappa shape index (κ2) is 4.77. The van der Waals surface area contributed by atoms with E-state index in [1.165, 1.54) is 6.42 Å². The molecule has 0 saturated carbocycles. The molecule has 0 saturated heterocycles. The fraction of sp³-hybridized carbons (Fsp3) is 1.00. The number of nitrogens with zero attached hydrogens (tertiary/aromatic N) is 1. The van der Waals surface area contributed by atoms with Gasteiger partial charge in [0.25, 0.3) is 0 Å². The Labute approximate surface area is 58.0 Å². The highest BCUT2D eigenvalue weighted by Gasteiger charge is 1.98. The fourth-order valence-corrected chi connectivity index (χ4v) is 0.965. The zero-order chi connectivity index (χ0) is 7.28. The van der Waals surface area contributed by atoms with Crippen LogP contribution in [0.15, 0.2) is 0 Å². The lowest BCUT2D eigenvalue weighted by Gasteiger charge is -2.17. The van der Waals surface area contributed by atoms with Gasteiger partial charge < -0.3 is 10.6 Å². The second-order valence-electron chi connectivity index (χ2n) is 2.74. The van der Waals surface area contributed by atoms with Crippen molar-refractivity contribution < 1.29 is 0 Å². The predicted molar refractivity (Wildman–Crippen MR) is 41.4 cm³/mol. The molecule has 2 N–H and O–H groups in total. The maximum Gasteiger partial charge on any atom is 0.0139 e. The van der Waals surface area contributed by atoms with Gasteiger partial charge in [-0.25, -0.2) is 0 Å². The standard InChI is InChI=1S/C7H18N2/c1-4-5-9(3)6-7(2)8/h7H,4-6,8H2,1-3H3/t7-/m1/s1. The van der Waals surface area contributed by atoms with E-state index in [9.17, 15) is 0 Å². The lowest BCUT2D eigenvalue weighted by atomic mass is 10.3. The Morgan fingerprint density at radius 2 is 2.11 bits per heavy atom. The van der Waals surface area contributed by atoms with E-state index in [-0.39, 0.29) is 0 Å². The fourth-order valence-electron chi connectivity index (χ4n) is 0.965. The summed E-state index contributed by atoms with van der Waals surface area (Å²) in [5.74, 6) is 0. The molecule has 9 heavy (non-hydrogen) atoms. The Bertz CT molecular complexity index is 61.9. The molecule has 0 aliphatic rings. The second-order valence-corrected chi connectivity index (χ2v) is 2.74. The van der Waals surface area contributed by atoms with Gasteiger partial charge in [-0.1, -0.05) is 6.92 Å². The molecule has 0 heterocycles. The van der Waals surface area contributed by atoms with Crippen LogP contribution in [-0.4, -0.2) is 31.1 Å². The molecular formula is C7H18N2. The van der Waals surface area contributed by atoms with Crippen molar-refractivity contribution in [1.29, 1.82) is 0 Å². The van der Waals surface area contributed by atoms with Crippen molar-refractivity contribution in [2.75, 3.05) is 20.1 Å². The normalized spacial score (nSPS) is 14.3. The van der Waals surface area contributed by atoms with Crippen LogP contribution in [-0.2, 0) is 0 Å². The van der Waals surface area contributed by atoms with Crippen molar-refractivity contribution in [3.05, 3.63) is 0 Å². The molecule has 0 aliphatic heterocycles. The average Bonchev–Trinajstić information content (AvgIpc) is 1.63. The minimum absolute atomic E-state index is 0.307. The van der Waals surface area contributed by atoms with Crippen LogP contribution < -0.4 is 5.73 Å². The summed E-state index contributed by atoms with van der Waals surface area (Å²) in [6.07, 6.45) is 1.21. The molecule has 0 aromatic heterocycles. The first kappa shape index (κ1) is 8.92. The maximum absolute atomic E-state index is 5.58. The van der Waals surface area contributed by atoms with E-state index in [0.29, 0.717) is 6.04 Å². The van der Waals surface area contributed by atoms with Crippen molar-refractivity contribution in [1.82, 2.24) is 4.90 Å². The monoisotopic (exact) mass is 130 g/mol. The lowest BCUT2D eigenvalue weighted by molar-refractivity contribution is 0.318. The molecule has 0 radical (unpaired) electrons. The van der Waals surface area contributed by atoms with Gasteiger partial charge in [-0.2, -0.15) is 0 Å². The zero-order valence-electron chi connectivity index (χ0n) is 6.72. The Kier molecular flexibility index (Phi) is 4.72. The van der Waals surface area contributed by atoms with Crippen molar-refractivity contribution in [2.45, 2.75) is 26.3 Å². The quantitative estimate of drug-likeness (QED) is 0.606. The molecule has 0 bridgehead atoms. The SMILES string of the molecule is CCCN(C)C[C@@H](C)N. The van der Waals surface area contributed by atoms with Gasteiger partial charge in [-0.15, -0.1) is 0 Å². The minimum atomic E-state index is 0.307. The van der Waals surface area contributed by atoms with E-state index in [4.69, 9.17) is 5.73 Å². The van der Waals surface area contributed by atoms with Crippen molar-refractivity contribution in [2.24, 2.45) is 5.73 Å².